The number of benzene rings is 1. The second kappa shape index (κ2) is 7.87. The molecular weight excluding hydrogens is 250 g/mol. The predicted molar refractivity (Wildman–Crippen MR) is 84.5 cm³/mol. The molecule has 2 rings (SSSR count). The molecule has 1 saturated heterocycles. The standard InChI is InChI=1S/C15H25N5/c1-13(12-20-9-5-6-10-20)11-17-15(19-16)18-14-7-3-2-4-8-14/h2-4,7-8,13H,5-6,9-12,16H2,1H3,(H2,17,18,19). The molecule has 0 aliphatic carbocycles. The van der Waals surface area contributed by atoms with Crippen LogP contribution >= 0.6 is 0 Å². The van der Waals surface area contributed by atoms with E-state index in [2.05, 4.69) is 27.6 Å². The van der Waals surface area contributed by atoms with Crippen molar-refractivity contribution in [1.29, 1.82) is 0 Å². The molecule has 0 radical (unpaired) electrons. The van der Waals surface area contributed by atoms with Crippen molar-refractivity contribution in [3.05, 3.63) is 30.3 Å². The first kappa shape index (κ1) is 14.8. The summed E-state index contributed by atoms with van der Waals surface area (Å²) in [5, 5.41) is 3.18. The maximum absolute atomic E-state index is 5.52. The third kappa shape index (κ3) is 4.83. The molecule has 0 aromatic heterocycles. The number of guanidine groups is 1. The van der Waals surface area contributed by atoms with E-state index in [-0.39, 0.29) is 0 Å². The number of para-hydroxylation sites is 1. The van der Waals surface area contributed by atoms with Crippen LogP contribution < -0.4 is 16.6 Å². The van der Waals surface area contributed by atoms with E-state index in [9.17, 15) is 0 Å². The predicted octanol–water partition coefficient (Wildman–Crippen LogP) is 1.65. The molecule has 1 aromatic carbocycles. The molecule has 0 amide bonds. The van der Waals surface area contributed by atoms with Crippen molar-refractivity contribution < 1.29 is 0 Å². The minimum atomic E-state index is 0.536. The van der Waals surface area contributed by atoms with E-state index in [4.69, 9.17) is 5.84 Å². The first-order valence-corrected chi connectivity index (χ1v) is 7.33. The van der Waals surface area contributed by atoms with E-state index in [0.717, 1.165) is 18.8 Å². The summed E-state index contributed by atoms with van der Waals surface area (Å²) in [5.74, 6) is 6.67. The highest BCUT2D eigenvalue weighted by Crippen LogP contribution is 2.10. The topological polar surface area (TPSA) is 65.7 Å². The normalized spacial score (nSPS) is 18.0. The third-order valence-corrected chi connectivity index (χ3v) is 3.50. The minimum absolute atomic E-state index is 0.536. The van der Waals surface area contributed by atoms with Crippen molar-refractivity contribution in [3.63, 3.8) is 0 Å². The van der Waals surface area contributed by atoms with Crippen LogP contribution in [0.15, 0.2) is 35.3 Å². The van der Waals surface area contributed by atoms with Crippen LogP contribution in [-0.2, 0) is 0 Å². The Morgan fingerprint density at radius 3 is 2.65 bits per heavy atom. The first-order chi connectivity index (χ1) is 9.78. The molecule has 4 N–H and O–H groups in total. The van der Waals surface area contributed by atoms with Gasteiger partial charge in [0.2, 0.25) is 5.96 Å². The Morgan fingerprint density at radius 2 is 2.00 bits per heavy atom. The van der Waals surface area contributed by atoms with E-state index in [0.29, 0.717) is 11.9 Å². The molecule has 5 heteroatoms. The van der Waals surface area contributed by atoms with Crippen molar-refractivity contribution in [1.82, 2.24) is 10.3 Å². The van der Waals surface area contributed by atoms with E-state index in [1.807, 2.05) is 30.3 Å². The van der Waals surface area contributed by atoms with Crippen LogP contribution in [0, 0.1) is 5.92 Å². The van der Waals surface area contributed by atoms with Gasteiger partial charge in [0.1, 0.15) is 0 Å². The summed E-state index contributed by atoms with van der Waals surface area (Å²) in [7, 11) is 0. The van der Waals surface area contributed by atoms with Crippen LogP contribution in [0.25, 0.3) is 0 Å². The molecule has 1 fully saturated rings. The Hall–Kier alpha value is -1.59. The molecule has 1 aromatic rings. The van der Waals surface area contributed by atoms with Gasteiger partial charge >= 0.3 is 0 Å². The highest BCUT2D eigenvalue weighted by atomic mass is 15.3. The average Bonchev–Trinajstić information content (AvgIpc) is 2.97. The number of likely N-dealkylation sites (tertiary alicyclic amines) is 1. The van der Waals surface area contributed by atoms with Crippen LogP contribution in [0.3, 0.4) is 0 Å². The lowest BCUT2D eigenvalue weighted by Gasteiger charge is -2.19. The number of hydrazine groups is 1. The van der Waals surface area contributed by atoms with Crippen LogP contribution in [-0.4, -0.2) is 37.0 Å². The maximum atomic E-state index is 5.52. The zero-order valence-electron chi connectivity index (χ0n) is 12.2. The SMILES string of the molecule is CC(CN=C(NN)Nc1ccccc1)CN1CCCC1. The summed E-state index contributed by atoms with van der Waals surface area (Å²) < 4.78 is 0. The lowest BCUT2D eigenvalue weighted by atomic mass is 10.2. The van der Waals surface area contributed by atoms with Crippen molar-refractivity contribution in [2.75, 3.05) is 31.5 Å². The average molecular weight is 275 g/mol. The fourth-order valence-corrected chi connectivity index (χ4v) is 2.49. The van der Waals surface area contributed by atoms with Crippen LogP contribution in [0.4, 0.5) is 5.69 Å². The van der Waals surface area contributed by atoms with Crippen LogP contribution in [0.1, 0.15) is 19.8 Å². The fourth-order valence-electron chi connectivity index (χ4n) is 2.49. The highest BCUT2D eigenvalue weighted by molar-refractivity contribution is 5.93. The Balaban J connectivity index is 1.80. The monoisotopic (exact) mass is 275 g/mol. The zero-order chi connectivity index (χ0) is 14.2. The largest absolute Gasteiger partial charge is 0.325 e. The molecule has 0 bridgehead atoms. The van der Waals surface area contributed by atoms with E-state index < -0.39 is 0 Å². The smallest absolute Gasteiger partial charge is 0.210 e. The Bertz CT molecular complexity index is 412. The molecular formula is C15H25N5. The Kier molecular flexibility index (Phi) is 5.83. The fraction of sp³-hybridized carbons (Fsp3) is 0.533. The van der Waals surface area contributed by atoms with Gasteiger partial charge in [-0.2, -0.15) is 0 Å². The molecule has 1 aliphatic rings. The van der Waals surface area contributed by atoms with E-state index in [1.54, 1.807) is 0 Å². The van der Waals surface area contributed by atoms with Gasteiger partial charge in [0.05, 0.1) is 0 Å². The Labute approximate surface area is 121 Å². The second-order valence-corrected chi connectivity index (χ2v) is 5.44. The minimum Gasteiger partial charge on any atom is -0.325 e. The van der Waals surface area contributed by atoms with Gasteiger partial charge in [-0.05, 0) is 44.0 Å². The van der Waals surface area contributed by atoms with Gasteiger partial charge in [0.25, 0.3) is 0 Å². The van der Waals surface area contributed by atoms with E-state index >= 15 is 0 Å². The van der Waals surface area contributed by atoms with Crippen molar-refractivity contribution in [2.24, 2.45) is 16.8 Å². The molecule has 20 heavy (non-hydrogen) atoms. The lowest BCUT2D eigenvalue weighted by molar-refractivity contribution is 0.291. The van der Waals surface area contributed by atoms with E-state index in [1.165, 1.54) is 25.9 Å². The molecule has 5 nitrogen and oxygen atoms in total. The van der Waals surface area contributed by atoms with Gasteiger partial charge in [-0.1, -0.05) is 25.1 Å². The quantitative estimate of drug-likeness (QED) is 0.331. The van der Waals surface area contributed by atoms with Crippen LogP contribution in [0.2, 0.25) is 0 Å². The van der Waals surface area contributed by atoms with Crippen molar-refractivity contribution in [2.45, 2.75) is 19.8 Å². The number of rotatable bonds is 5. The number of nitrogens with zero attached hydrogens (tertiary/aromatic N) is 2. The second-order valence-electron chi connectivity index (χ2n) is 5.44. The number of nitrogens with two attached hydrogens (primary N) is 1. The summed E-state index contributed by atoms with van der Waals surface area (Å²) in [6, 6.07) is 9.91. The molecule has 1 atom stereocenters. The number of nitrogens with one attached hydrogen (secondary N) is 2. The van der Waals surface area contributed by atoms with Gasteiger partial charge in [0.15, 0.2) is 0 Å². The number of anilines is 1. The maximum Gasteiger partial charge on any atom is 0.210 e. The first-order valence-electron chi connectivity index (χ1n) is 7.33. The molecule has 0 spiro atoms. The van der Waals surface area contributed by atoms with Gasteiger partial charge < -0.3 is 10.2 Å². The summed E-state index contributed by atoms with van der Waals surface area (Å²) in [5.41, 5.74) is 3.61. The summed E-state index contributed by atoms with van der Waals surface area (Å²) in [6.45, 7) is 6.59. The highest BCUT2D eigenvalue weighted by Gasteiger charge is 2.14. The van der Waals surface area contributed by atoms with Crippen molar-refractivity contribution in [3.8, 4) is 0 Å². The van der Waals surface area contributed by atoms with Gasteiger partial charge in [-0.3, -0.25) is 10.4 Å². The summed E-state index contributed by atoms with van der Waals surface area (Å²) >= 11 is 0. The molecule has 0 saturated carbocycles. The molecule has 1 unspecified atom stereocenters. The van der Waals surface area contributed by atoms with Gasteiger partial charge in [-0.15, -0.1) is 0 Å². The number of hydrogen-bond acceptors (Lipinski definition) is 3. The van der Waals surface area contributed by atoms with Crippen molar-refractivity contribution >= 4 is 11.6 Å². The summed E-state index contributed by atoms with van der Waals surface area (Å²) in [4.78, 5) is 7.04. The van der Waals surface area contributed by atoms with Crippen LogP contribution in [0.5, 0.6) is 0 Å². The number of hydrogen-bond donors (Lipinski definition) is 3. The van der Waals surface area contributed by atoms with Gasteiger partial charge in [0, 0.05) is 18.8 Å². The molecule has 1 aliphatic heterocycles. The molecule has 1 heterocycles. The lowest BCUT2D eigenvalue weighted by Crippen LogP contribution is -2.37. The van der Waals surface area contributed by atoms with Gasteiger partial charge in [-0.25, -0.2) is 5.84 Å². The third-order valence-electron chi connectivity index (χ3n) is 3.50. The summed E-state index contributed by atoms with van der Waals surface area (Å²) in [6.07, 6.45) is 2.67. The Morgan fingerprint density at radius 1 is 1.30 bits per heavy atom. The molecule has 110 valence electrons. The zero-order valence-corrected chi connectivity index (χ0v) is 12.2. The number of aliphatic imine (C=N–C) groups is 1.